The fourth-order valence-corrected chi connectivity index (χ4v) is 4.17. The second kappa shape index (κ2) is 6.05. The summed E-state index contributed by atoms with van der Waals surface area (Å²) in [5.74, 6) is 1.03. The third kappa shape index (κ3) is 2.53. The Labute approximate surface area is 144 Å². The van der Waals surface area contributed by atoms with Crippen LogP contribution >= 0.6 is 11.3 Å². The molecule has 0 atom stereocenters. The lowest BCUT2D eigenvalue weighted by atomic mass is 9.94. The number of ketones is 1. The van der Waals surface area contributed by atoms with Crippen LogP contribution in [0.2, 0.25) is 0 Å². The summed E-state index contributed by atoms with van der Waals surface area (Å²) in [6.07, 6.45) is 3.89. The van der Waals surface area contributed by atoms with E-state index in [-0.39, 0.29) is 11.7 Å². The van der Waals surface area contributed by atoms with Gasteiger partial charge >= 0.3 is 0 Å². The Hall–Kier alpha value is -2.15. The van der Waals surface area contributed by atoms with Crippen LogP contribution in [0.5, 0.6) is 0 Å². The van der Waals surface area contributed by atoms with Gasteiger partial charge in [-0.1, -0.05) is 0 Å². The molecule has 7 heteroatoms. The molecule has 0 saturated carbocycles. The number of amides is 1. The first kappa shape index (κ1) is 15.4. The first-order valence-corrected chi connectivity index (χ1v) is 9.12. The molecule has 24 heavy (non-hydrogen) atoms. The van der Waals surface area contributed by atoms with Crippen molar-refractivity contribution in [3.05, 3.63) is 34.2 Å². The van der Waals surface area contributed by atoms with E-state index in [4.69, 9.17) is 4.42 Å². The van der Waals surface area contributed by atoms with Gasteiger partial charge in [-0.2, -0.15) is 0 Å². The van der Waals surface area contributed by atoms with Gasteiger partial charge in [0.25, 0.3) is 5.91 Å². The normalized spacial score (nSPS) is 18.0. The number of anilines is 1. The number of aromatic nitrogens is 1. The maximum atomic E-state index is 12.8. The number of hydrogen-bond donors (Lipinski definition) is 0. The fourth-order valence-electron chi connectivity index (χ4n) is 3.47. The highest BCUT2D eigenvalue weighted by Gasteiger charge is 2.32. The highest BCUT2D eigenvalue weighted by Crippen LogP contribution is 2.30. The molecule has 6 nitrogen and oxygen atoms in total. The van der Waals surface area contributed by atoms with Crippen LogP contribution in [0.3, 0.4) is 0 Å². The number of rotatable bonds is 2. The summed E-state index contributed by atoms with van der Waals surface area (Å²) in [5, 5.41) is 2.96. The Bertz CT molecular complexity index is 773. The lowest BCUT2D eigenvalue weighted by molar-refractivity contribution is 0.0711. The number of fused-ring (bicyclic) bond motifs is 1. The summed E-state index contributed by atoms with van der Waals surface area (Å²) in [6, 6.07) is 0. The Morgan fingerprint density at radius 2 is 2.04 bits per heavy atom. The molecule has 0 spiro atoms. The van der Waals surface area contributed by atoms with E-state index in [9.17, 15) is 9.59 Å². The third-order valence-electron chi connectivity index (χ3n) is 4.76. The summed E-state index contributed by atoms with van der Waals surface area (Å²) in [4.78, 5) is 33.2. The van der Waals surface area contributed by atoms with Crippen LogP contribution < -0.4 is 4.90 Å². The molecule has 0 radical (unpaired) electrons. The van der Waals surface area contributed by atoms with E-state index in [0.29, 0.717) is 42.2 Å². The maximum absolute atomic E-state index is 12.8. The predicted molar refractivity (Wildman–Crippen MR) is 90.9 cm³/mol. The van der Waals surface area contributed by atoms with Gasteiger partial charge in [0, 0.05) is 56.2 Å². The standard InChI is InChI=1S/C17H19N3O3S/c1-11-14-12(21)3-2-4-13(14)23-15(11)16(22)19-6-8-20(9-7-19)17-18-5-10-24-17/h5,10H,2-4,6-9H2,1H3. The summed E-state index contributed by atoms with van der Waals surface area (Å²) >= 11 is 1.61. The van der Waals surface area contributed by atoms with Crippen molar-refractivity contribution in [1.82, 2.24) is 9.88 Å². The highest BCUT2D eigenvalue weighted by atomic mass is 32.1. The summed E-state index contributed by atoms with van der Waals surface area (Å²) in [5.41, 5.74) is 1.35. The summed E-state index contributed by atoms with van der Waals surface area (Å²) < 4.78 is 5.79. The number of carbonyl (C=O) groups is 2. The maximum Gasteiger partial charge on any atom is 0.289 e. The minimum Gasteiger partial charge on any atom is -0.455 e. The SMILES string of the molecule is Cc1c(C(=O)N2CCN(c3nccs3)CC2)oc2c1C(=O)CCC2. The van der Waals surface area contributed by atoms with Crippen LogP contribution in [0.1, 0.15) is 45.1 Å². The van der Waals surface area contributed by atoms with Crippen molar-refractivity contribution in [3.8, 4) is 0 Å². The van der Waals surface area contributed by atoms with Crippen LogP contribution in [-0.4, -0.2) is 47.8 Å². The van der Waals surface area contributed by atoms with Gasteiger partial charge in [-0.3, -0.25) is 9.59 Å². The minimum absolute atomic E-state index is 0.102. The summed E-state index contributed by atoms with van der Waals surface area (Å²) in [6.45, 7) is 4.62. The second-order valence-electron chi connectivity index (χ2n) is 6.23. The van der Waals surface area contributed by atoms with Gasteiger partial charge in [0.15, 0.2) is 16.7 Å². The van der Waals surface area contributed by atoms with Gasteiger partial charge in [-0.15, -0.1) is 11.3 Å². The van der Waals surface area contributed by atoms with Crippen molar-refractivity contribution in [2.45, 2.75) is 26.2 Å². The van der Waals surface area contributed by atoms with Gasteiger partial charge < -0.3 is 14.2 Å². The van der Waals surface area contributed by atoms with E-state index in [1.165, 1.54) is 0 Å². The molecule has 2 aromatic rings. The van der Waals surface area contributed by atoms with Crippen LogP contribution in [-0.2, 0) is 6.42 Å². The monoisotopic (exact) mass is 345 g/mol. The van der Waals surface area contributed by atoms with Gasteiger partial charge in [0.1, 0.15) is 5.76 Å². The van der Waals surface area contributed by atoms with E-state index < -0.39 is 0 Å². The summed E-state index contributed by atoms with van der Waals surface area (Å²) in [7, 11) is 0. The van der Waals surface area contributed by atoms with Crippen molar-refractivity contribution >= 4 is 28.2 Å². The fraction of sp³-hybridized carbons (Fsp3) is 0.471. The largest absolute Gasteiger partial charge is 0.455 e. The quantitative estimate of drug-likeness (QED) is 0.837. The molecule has 4 rings (SSSR count). The minimum atomic E-state index is -0.103. The van der Waals surface area contributed by atoms with Crippen LogP contribution in [0.25, 0.3) is 0 Å². The van der Waals surface area contributed by atoms with Crippen molar-refractivity contribution < 1.29 is 14.0 Å². The van der Waals surface area contributed by atoms with E-state index in [1.54, 1.807) is 17.5 Å². The molecule has 3 heterocycles. The zero-order valence-electron chi connectivity index (χ0n) is 13.6. The van der Waals surface area contributed by atoms with Crippen molar-refractivity contribution in [3.63, 3.8) is 0 Å². The van der Waals surface area contributed by atoms with E-state index in [2.05, 4.69) is 9.88 Å². The average molecular weight is 345 g/mol. The zero-order chi connectivity index (χ0) is 16.7. The molecule has 2 aliphatic rings. The Balaban J connectivity index is 1.50. The molecule has 0 unspecified atom stereocenters. The number of furan rings is 1. The molecular formula is C17H19N3O3S. The molecular weight excluding hydrogens is 326 g/mol. The molecule has 1 fully saturated rings. The number of piperazine rings is 1. The molecule has 1 aliphatic carbocycles. The van der Waals surface area contributed by atoms with Crippen molar-refractivity contribution in [1.29, 1.82) is 0 Å². The van der Waals surface area contributed by atoms with E-state index in [1.807, 2.05) is 17.2 Å². The van der Waals surface area contributed by atoms with Crippen molar-refractivity contribution in [2.75, 3.05) is 31.1 Å². The van der Waals surface area contributed by atoms with Crippen LogP contribution in [0, 0.1) is 6.92 Å². The van der Waals surface area contributed by atoms with E-state index >= 15 is 0 Å². The molecule has 1 aliphatic heterocycles. The average Bonchev–Trinajstić information content (AvgIpc) is 3.23. The lowest BCUT2D eigenvalue weighted by Crippen LogP contribution is -2.48. The molecule has 1 amide bonds. The van der Waals surface area contributed by atoms with Gasteiger partial charge in [-0.25, -0.2) is 4.98 Å². The van der Waals surface area contributed by atoms with Crippen LogP contribution in [0.15, 0.2) is 16.0 Å². The number of nitrogens with zero attached hydrogens (tertiary/aromatic N) is 3. The number of aryl methyl sites for hydroxylation is 1. The lowest BCUT2D eigenvalue weighted by Gasteiger charge is -2.34. The first-order valence-electron chi connectivity index (χ1n) is 8.24. The molecule has 0 bridgehead atoms. The van der Waals surface area contributed by atoms with E-state index in [0.717, 1.165) is 31.1 Å². The van der Waals surface area contributed by atoms with Gasteiger partial charge in [-0.05, 0) is 13.3 Å². The topological polar surface area (TPSA) is 66.7 Å². The zero-order valence-corrected chi connectivity index (χ0v) is 14.4. The third-order valence-corrected chi connectivity index (χ3v) is 5.59. The van der Waals surface area contributed by atoms with Crippen LogP contribution in [0.4, 0.5) is 5.13 Å². The highest BCUT2D eigenvalue weighted by molar-refractivity contribution is 7.13. The Morgan fingerprint density at radius 3 is 2.71 bits per heavy atom. The predicted octanol–water partition coefficient (Wildman–Crippen LogP) is 2.53. The van der Waals surface area contributed by atoms with Gasteiger partial charge in [0.05, 0.1) is 5.56 Å². The van der Waals surface area contributed by atoms with Gasteiger partial charge in [0.2, 0.25) is 0 Å². The molecule has 0 N–H and O–H groups in total. The molecule has 2 aromatic heterocycles. The smallest absolute Gasteiger partial charge is 0.289 e. The Kier molecular flexibility index (Phi) is 3.88. The number of hydrogen-bond acceptors (Lipinski definition) is 6. The van der Waals surface area contributed by atoms with Crippen molar-refractivity contribution in [2.24, 2.45) is 0 Å². The molecule has 1 saturated heterocycles. The first-order chi connectivity index (χ1) is 11.6. The number of Topliss-reactive ketones (excluding diaryl/α,β-unsaturated/α-hetero) is 1. The molecule has 126 valence electrons. The number of thiazole rings is 1. The molecule has 0 aromatic carbocycles. The Morgan fingerprint density at radius 1 is 1.25 bits per heavy atom. The number of carbonyl (C=O) groups excluding carboxylic acids is 2. The second-order valence-corrected chi connectivity index (χ2v) is 7.10.